The highest BCUT2D eigenvalue weighted by Crippen LogP contribution is 2.45. The summed E-state index contributed by atoms with van der Waals surface area (Å²) in [5.74, 6) is 0.673. The molecule has 1 saturated carbocycles. The van der Waals surface area contributed by atoms with Gasteiger partial charge in [-0.1, -0.05) is 0 Å². The average Bonchev–Trinajstić information content (AvgIpc) is 3.06. The molecule has 0 radical (unpaired) electrons. The number of pyridine rings is 1. The fourth-order valence-corrected chi connectivity index (χ4v) is 5.05. The molecular weight excluding hydrogens is 338 g/mol. The number of aromatic nitrogens is 2. The van der Waals surface area contributed by atoms with E-state index in [-0.39, 0.29) is 0 Å². The minimum Gasteiger partial charge on any atom is -0.383 e. The van der Waals surface area contributed by atoms with Crippen LogP contribution < -0.4 is 4.72 Å². The molecule has 0 spiro atoms. The van der Waals surface area contributed by atoms with E-state index >= 15 is 0 Å². The van der Waals surface area contributed by atoms with Crippen LogP contribution in [0.25, 0.3) is 0 Å². The molecule has 0 aliphatic heterocycles. The molecule has 128 valence electrons. The van der Waals surface area contributed by atoms with Crippen LogP contribution in [0, 0.1) is 6.92 Å². The second-order valence-electron chi connectivity index (χ2n) is 7.30. The summed E-state index contributed by atoms with van der Waals surface area (Å²) < 4.78 is 4.66. The van der Waals surface area contributed by atoms with Crippen molar-refractivity contribution in [2.45, 2.75) is 68.6 Å². The van der Waals surface area contributed by atoms with Crippen LogP contribution in [0.5, 0.6) is 0 Å². The second-order valence-corrected chi connectivity index (χ2v) is 9.43. The third-order valence-electron chi connectivity index (χ3n) is 4.73. The fourth-order valence-electron chi connectivity index (χ4n) is 3.29. The van der Waals surface area contributed by atoms with Gasteiger partial charge in [0.15, 0.2) is 0 Å². The molecule has 0 unspecified atom stereocenters. The van der Waals surface area contributed by atoms with Crippen LogP contribution >= 0.6 is 23.3 Å². The maximum atomic E-state index is 10.1. The highest BCUT2D eigenvalue weighted by Gasteiger charge is 2.31. The van der Waals surface area contributed by atoms with Crippen molar-refractivity contribution in [3.63, 3.8) is 0 Å². The third-order valence-corrected chi connectivity index (χ3v) is 6.95. The van der Waals surface area contributed by atoms with Gasteiger partial charge in [-0.25, -0.2) is 4.98 Å². The van der Waals surface area contributed by atoms with Crippen LogP contribution in [0.1, 0.15) is 66.6 Å². The van der Waals surface area contributed by atoms with Gasteiger partial charge < -0.3 is 9.83 Å². The summed E-state index contributed by atoms with van der Waals surface area (Å²) in [5.41, 5.74) is 5.71. The lowest BCUT2D eigenvalue weighted by Crippen LogP contribution is -2.14. The zero-order valence-corrected chi connectivity index (χ0v) is 16.0. The lowest BCUT2D eigenvalue weighted by atomic mass is 10.0. The van der Waals surface area contributed by atoms with Crippen molar-refractivity contribution in [1.29, 1.82) is 0 Å². The average molecular weight is 362 g/mol. The molecule has 2 N–H and O–H groups in total. The maximum Gasteiger partial charge on any atom is 0.125 e. The largest absolute Gasteiger partial charge is 0.383 e. The number of aryl methyl sites for hydroxylation is 1. The van der Waals surface area contributed by atoms with E-state index in [2.05, 4.69) is 16.6 Å². The summed E-state index contributed by atoms with van der Waals surface area (Å²) in [6, 6.07) is 0. The van der Waals surface area contributed by atoms with Crippen molar-refractivity contribution < 1.29 is 5.11 Å². The first-order valence-electron chi connectivity index (χ1n) is 8.57. The topological polar surface area (TPSA) is 58.0 Å². The lowest BCUT2D eigenvalue weighted by molar-refractivity contribution is 0.0783. The number of rotatable bonds is 5. The van der Waals surface area contributed by atoms with E-state index in [9.17, 15) is 5.11 Å². The first-order chi connectivity index (χ1) is 11.4. The number of fused-ring (bicyclic) bond motifs is 1. The summed E-state index contributed by atoms with van der Waals surface area (Å²) in [6.45, 7) is 5.75. The van der Waals surface area contributed by atoms with E-state index in [0.717, 1.165) is 22.1 Å². The Morgan fingerprint density at radius 3 is 2.79 bits per heavy atom. The molecule has 1 fully saturated rings. The molecule has 0 amide bonds. The standard InChI is InChI=1S/C18H23N3OS2/c1-10-15(11-7-8-11)20-13-6-4-5-12(13)16(10)21-24-14-9-19-17(23-14)18(2,3)22/h9,11,22H,4-8H2,1-3H3,(H,20,21). The summed E-state index contributed by atoms with van der Waals surface area (Å²) in [7, 11) is 0. The number of hydrogen-bond acceptors (Lipinski definition) is 6. The number of hydrogen-bond donors (Lipinski definition) is 2. The number of aliphatic hydroxyl groups is 1. The molecule has 0 bridgehead atoms. The Hall–Kier alpha value is -1.11. The molecule has 6 heteroatoms. The second kappa shape index (κ2) is 6.00. The van der Waals surface area contributed by atoms with Gasteiger partial charge in [0.25, 0.3) is 0 Å². The van der Waals surface area contributed by atoms with Gasteiger partial charge in [-0.3, -0.25) is 4.98 Å². The molecule has 0 saturated heterocycles. The minimum absolute atomic E-state index is 0.673. The van der Waals surface area contributed by atoms with Gasteiger partial charge in [0.2, 0.25) is 0 Å². The number of nitrogens with zero attached hydrogens (tertiary/aromatic N) is 2. The highest BCUT2D eigenvalue weighted by molar-refractivity contribution is 8.02. The van der Waals surface area contributed by atoms with Crippen molar-refractivity contribution in [2.24, 2.45) is 0 Å². The van der Waals surface area contributed by atoms with Crippen LogP contribution in [0.2, 0.25) is 0 Å². The van der Waals surface area contributed by atoms with Gasteiger partial charge in [0.1, 0.15) is 14.8 Å². The molecule has 0 aromatic carbocycles. The molecule has 2 aromatic rings. The molecule has 24 heavy (non-hydrogen) atoms. The van der Waals surface area contributed by atoms with E-state index in [4.69, 9.17) is 4.98 Å². The summed E-state index contributed by atoms with van der Waals surface area (Å²) in [5, 5.41) is 10.8. The smallest absolute Gasteiger partial charge is 0.125 e. The first kappa shape index (κ1) is 16.4. The Morgan fingerprint density at radius 1 is 1.33 bits per heavy atom. The van der Waals surface area contributed by atoms with E-state index in [1.165, 1.54) is 47.5 Å². The Bertz CT molecular complexity index is 775. The SMILES string of the molecule is Cc1c(C2CC2)nc2c(c1NSc1cnc(C(C)(C)O)s1)CCC2. The van der Waals surface area contributed by atoms with Crippen LogP contribution in [-0.4, -0.2) is 15.1 Å². The van der Waals surface area contributed by atoms with Crippen LogP contribution in [0.4, 0.5) is 5.69 Å². The van der Waals surface area contributed by atoms with E-state index in [1.54, 1.807) is 37.1 Å². The summed E-state index contributed by atoms with van der Waals surface area (Å²) in [4.78, 5) is 9.32. The van der Waals surface area contributed by atoms with E-state index < -0.39 is 5.60 Å². The van der Waals surface area contributed by atoms with Gasteiger partial charge in [0.05, 0.1) is 11.9 Å². The minimum atomic E-state index is -0.879. The summed E-state index contributed by atoms with van der Waals surface area (Å²) in [6.07, 6.45) is 7.84. The molecule has 4 rings (SSSR count). The van der Waals surface area contributed by atoms with Crippen molar-refractivity contribution in [3.05, 3.63) is 33.7 Å². The van der Waals surface area contributed by atoms with Gasteiger partial charge in [0, 0.05) is 17.3 Å². The van der Waals surface area contributed by atoms with Gasteiger partial charge >= 0.3 is 0 Å². The normalized spacial score (nSPS) is 17.2. The summed E-state index contributed by atoms with van der Waals surface area (Å²) >= 11 is 3.14. The molecule has 0 atom stereocenters. The monoisotopic (exact) mass is 361 g/mol. The number of nitrogens with one attached hydrogen (secondary N) is 1. The Kier molecular flexibility index (Phi) is 4.09. The van der Waals surface area contributed by atoms with Crippen molar-refractivity contribution in [2.75, 3.05) is 4.72 Å². The fraction of sp³-hybridized carbons (Fsp3) is 0.556. The molecule has 2 aliphatic carbocycles. The Labute approximate surface area is 151 Å². The van der Waals surface area contributed by atoms with Gasteiger partial charge in [-0.15, -0.1) is 11.3 Å². The molecule has 2 aromatic heterocycles. The number of anilines is 1. The van der Waals surface area contributed by atoms with E-state index in [1.807, 2.05) is 6.20 Å². The van der Waals surface area contributed by atoms with Gasteiger partial charge in [-0.05, 0) is 76.0 Å². The van der Waals surface area contributed by atoms with Crippen molar-refractivity contribution in [3.8, 4) is 0 Å². The molecule has 2 aliphatic rings. The van der Waals surface area contributed by atoms with Crippen LogP contribution in [0.3, 0.4) is 0 Å². The zero-order chi connectivity index (χ0) is 16.9. The molecular formula is C18H23N3OS2. The predicted molar refractivity (Wildman–Crippen MR) is 99.8 cm³/mol. The molecule has 4 nitrogen and oxygen atoms in total. The van der Waals surface area contributed by atoms with Crippen LogP contribution in [0.15, 0.2) is 10.4 Å². The van der Waals surface area contributed by atoms with Crippen molar-refractivity contribution >= 4 is 29.0 Å². The van der Waals surface area contributed by atoms with E-state index in [0.29, 0.717) is 5.92 Å². The Balaban J connectivity index is 1.59. The third kappa shape index (κ3) is 3.07. The molecule has 2 heterocycles. The van der Waals surface area contributed by atoms with Gasteiger partial charge in [-0.2, -0.15) is 0 Å². The van der Waals surface area contributed by atoms with Crippen LogP contribution in [-0.2, 0) is 18.4 Å². The predicted octanol–water partition coefficient (Wildman–Crippen LogP) is 4.56. The quantitative estimate of drug-likeness (QED) is 0.765. The number of thiazole rings is 1. The first-order valence-corrected chi connectivity index (χ1v) is 10.2. The van der Waals surface area contributed by atoms with Crippen molar-refractivity contribution in [1.82, 2.24) is 9.97 Å². The zero-order valence-electron chi connectivity index (χ0n) is 14.3. The Morgan fingerprint density at radius 2 is 2.12 bits per heavy atom. The highest BCUT2D eigenvalue weighted by atomic mass is 32.2. The lowest BCUT2D eigenvalue weighted by Gasteiger charge is -2.16. The maximum absolute atomic E-state index is 10.1.